The Hall–Kier alpha value is -1.83. The molecule has 0 bridgehead atoms. The van der Waals surface area contributed by atoms with Gasteiger partial charge in [-0.1, -0.05) is 0 Å². The number of urea groups is 1. The number of halogens is 3. The van der Waals surface area contributed by atoms with Gasteiger partial charge in [-0.3, -0.25) is 4.98 Å². The highest BCUT2D eigenvalue weighted by molar-refractivity contribution is 5.89. The molecule has 22 heavy (non-hydrogen) atoms. The molecule has 0 unspecified atom stereocenters. The van der Waals surface area contributed by atoms with Gasteiger partial charge in [0.1, 0.15) is 0 Å². The predicted octanol–water partition coefficient (Wildman–Crippen LogP) is 3.05. The summed E-state index contributed by atoms with van der Waals surface area (Å²) in [5.41, 5.74) is -3.08. The highest BCUT2D eigenvalue weighted by Gasteiger charge is 2.58. The van der Waals surface area contributed by atoms with Crippen molar-refractivity contribution < 1.29 is 22.7 Å². The summed E-state index contributed by atoms with van der Waals surface area (Å²) in [5, 5.41) is 2.54. The molecule has 1 saturated heterocycles. The largest absolute Gasteiger partial charge is 0.418 e. The average molecular weight is 317 g/mol. The number of hydrogen-bond acceptors (Lipinski definition) is 3. The number of pyridine rings is 1. The van der Waals surface area contributed by atoms with Gasteiger partial charge in [0.25, 0.3) is 0 Å². The summed E-state index contributed by atoms with van der Waals surface area (Å²) in [7, 11) is 0. The van der Waals surface area contributed by atoms with Gasteiger partial charge in [-0.2, -0.15) is 13.2 Å². The van der Waals surface area contributed by atoms with E-state index in [2.05, 4.69) is 10.3 Å². The number of rotatable bonds is 1. The Balaban J connectivity index is 2.18. The van der Waals surface area contributed by atoms with Crippen molar-refractivity contribution in [3.63, 3.8) is 0 Å². The van der Waals surface area contributed by atoms with E-state index < -0.39 is 30.0 Å². The lowest BCUT2D eigenvalue weighted by Crippen LogP contribution is -2.65. The first-order valence-electron chi connectivity index (χ1n) is 6.75. The Kier molecular flexibility index (Phi) is 4.08. The lowest BCUT2D eigenvalue weighted by Gasteiger charge is -2.48. The molecule has 2 amide bonds. The maximum atomic E-state index is 13.2. The van der Waals surface area contributed by atoms with Gasteiger partial charge in [0.15, 0.2) is 5.60 Å². The van der Waals surface area contributed by atoms with E-state index >= 15 is 0 Å². The highest BCUT2D eigenvalue weighted by Crippen LogP contribution is 2.40. The molecule has 0 radical (unpaired) electrons. The Morgan fingerprint density at radius 2 is 2.05 bits per heavy atom. The van der Waals surface area contributed by atoms with Crippen molar-refractivity contribution in [3.05, 3.63) is 24.5 Å². The number of nitrogens with one attached hydrogen (secondary N) is 1. The van der Waals surface area contributed by atoms with Crippen LogP contribution in [0.15, 0.2) is 24.5 Å². The third kappa shape index (κ3) is 3.49. The molecule has 1 fully saturated rings. The SMILES string of the molecule is CC1(C)CN(C(=O)Nc2cccnc2)C[C@](C)(C(F)(F)F)O1. The Labute approximate surface area is 126 Å². The average Bonchev–Trinajstić information content (AvgIpc) is 2.36. The molecule has 1 aliphatic heterocycles. The third-order valence-corrected chi connectivity index (χ3v) is 3.37. The van der Waals surface area contributed by atoms with Crippen molar-refractivity contribution >= 4 is 11.7 Å². The van der Waals surface area contributed by atoms with Crippen molar-refractivity contribution in [3.8, 4) is 0 Å². The van der Waals surface area contributed by atoms with E-state index in [1.54, 1.807) is 12.1 Å². The minimum Gasteiger partial charge on any atom is -0.356 e. The third-order valence-electron chi connectivity index (χ3n) is 3.37. The molecule has 1 atom stereocenters. The molecule has 5 nitrogen and oxygen atoms in total. The van der Waals surface area contributed by atoms with Gasteiger partial charge in [0.05, 0.1) is 30.6 Å². The second-order valence-corrected chi connectivity index (χ2v) is 6.12. The van der Waals surface area contributed by atoms with Crippen LogP contribution in [-0.4, -0.2) is 46.4 Å². The molecule has 2 heterocycles. The summed E-state index contributed by atoms with van der Waals surface area (Å²) in [6.07, 6.45) is -1.61. The smallest absolute Gasteiger partial charge is 0.356 e. The summed E-state index contributed by atoms with van der Waals surface area (Å²) < 4.78 is 44.9. The lowest BCUT2D eigenvalue weighted by molar-refractivity contribution is -0.318. The van der Waals surface area contributed by atoms with Crippen LogP contribution >= 0.6 is 0 Å². The van der Waals surface area contributed by atoms with Crippen LogP contribution in [0.2, 0.25) is 0 Å². The Morgan fingerprint density at radius 3 is 2.59 bits per heavy atom. The Morgan fingerprint density at radius 1 is 1.36 bits per heavy atom. The number of nitrogens with zero attached hydrogens (tertiary/aromatic N) is 2. The molecule has 1 aromatic heterocycles. The number of aromatic nitrogens is 1. The molecule has 1 aliphatic rings. The molecule has 0 saturated carbocycles. The second-order valence-electron chi connectivity index (χ2n) is 6.12. The normalized spacial score (nSPS) is 24.9. The van der Waals surface area contributed by atoms with Crippen molar-refractivity contribution in [2.45, 2.75) is 38.1 Å². The fraction of sp³-hybridized carbons (Fsp3) is 0.571. The summed E-state index contributed by atoms with van der Waals surface area (Å²) in [4.78, 5) is 17.2. The van der Waals surface area contributed by atoms with Gasteiger partial charge in [-0.25, -0.2) is 4.79 Å². The first kappa shape index (κ1) is 16.5. The zero-order valence-electron chi connectivity index (χ0n) is 12.6. The van der Waals surface area contributed by atoms with Gasteiger partial charge in [0.2, 0.25) is 0 Å². The van der Waals surface area contributed by atoms with Crippen LogP contribution in [0.4, 0.5) is 23.7 Å². The van der Waals surface area contributed by atoms with Crippen LogP contribution in [0, 0.1) is 0 Å². The van der Waals surface area contributed by atoms with Crippen LogP contribution in [0.1, 0.15) is 20.8 Å². The number of carbonyl (C=O) groups is 1. The van der Waals surface area contributed by atoms with Crippen molar-refractivity contribution in [2.24, 2.45) is 0 Å². The molecular formula is C14H18F3N3O2. The van der Waals surface area contributed by atoms with Crippen LogP contribution in [0.5, 0.6) is 0 Å². The summed E-state index contributed by atoms with van der Waals surface area (Å²) in [6.45, 7) is 3.51. The zero-order chi connectivity index (χ0) is 16.6. The molecule has 0 aromatic carbocycles. The quantitative estimate of drug-likeness (QED) is 0.866. The molecule has 1 N–H and O–H groups in total. The fourth-order valence-electron chi connectivity index (χ4n) is 2.48. The van der Waals surface area contributed by atoms with Crippen molar-refractivity contribution in [1.82, 2.24) is 9.88 Å². The first-order chi connectivity index (χ1) is 10.0. The number of alkyl halides is 3. The van der Waals surface area contributed by atoms with E-state index in [0.29, 0.717) is 5.69 Å². The minimum absolute atomic E-state index is 0.0603. The van der Waals surface area contributed by atoms with Gasteiger partial charge in [-0.15, -0.1) is 0 Å². The number of morpholine rings is 1. The lowest BCUT2D eigenvalue weighted by atomic mass is 9.97. The van der Waals surface area contributed by atoms with Crippen LogP contribution in [0.25, 0.3) is 0 Å². The molecule has 0 aliphatic carbocycles. The van der Waals surface area contributed by atoms with Gasteiger partial charge in [-0.05, 0) is 32.9 Å². The summed E-state index contributed by atoms with van der Waals surface area (Å²) in [5.74, 6) is 0. The molecule has 2 rings (SSSR count). The maximum absolute atomic E-state index is 13.2. The number of amides is 2. The molecule has 122 valence electrons. The maximum Gasteiger partial charge on any atom is 0.418 e. The van der Waals surface area contributed by atoms with Crippen LogP contribution in [-0.2, 0) is 4.74 Å². The number of carbonyl (C=O) groups excluding carboxylic acids is 1. The number of anilines is 1. The van der Waals surface area contributed by atoms with E-state index in [4.69, 9.17) is 4.74 Å². The summed E-state index contributed by atoms with van der Waals surface area (Å²) in [6, 6.07) is 2.62. The predicted molar refractivity (Wildman–Crippen MR) is 74.5 cm³/mol. The van der Waals surface area contributed by atoms with E-state index in [0.717, 1.165) is 11.8 Å². The van der Waals surface area contributed by atoms with E-state index in [1.165, 1.54) is 26.2 Å². The van der Waals surface area contributed by atoms with Crippen molar-refractivity contribution in [1.29, 1.82) is 0 Å². The molecular weight excluding hydrogens is 299 g/mol. The van der Waals surface area contributed by atoms with Crippen LogP contribution in [0.3, 0.4) is 0 Å². The summed E-state index contributed by atoms with van der Waals surface area (Å²) >= 11 is 0. The zero-order valence-corrected chi connectivity index (χ0v) is 12.6. The van der Waals surface area contributed by atoms with Gasteiger partial charge >= 0.3 is 12.2 Å². The second kappa shape index (κ2) is 5.42. The molecule has 8 heteroatoms. The van der Waals surface area contributed by atoms with Gasteiger partial charge < -0.3 is 15.0 Å². The van der Waals surface area contributed by atoms with E-state index in [1.807, 2.05) is 0 Å². The topological polar surface area (TPSA) is 54.5 Å². The van der Waals surface area contributed by atoms with E-state index in [-0.39, 0.29) is 6.54 Å². The number of ether oxygens (including phenoxy) is 1. The monoisotopic (exact) mass is 317 g/mol. The van der Waals surface area contributed by atoms with Crippen LogP contribution < -0.4 is 5.32 Å². The Bertz CT molecular complexity index is 548. The minimum atomic E-state index is -4.57. The van der Waals surface area contributed by atoms with Crippen molar-refractivity contribution in [2.75, 3.05) is 18.4 Å². The molecule has 0 spiro atoms. The van der Waals surface area contributed by atoms with Gasteiger partial charge in [0, 0.05) is 6.20 Å². The standard InChI is InChI=1S/C14H18F3N3O2/c1-12(2)8-20(9-13(3,22-12)14(15,16)17)11(21)19-10-5-4-6-18-7-10/h4-7H,8-9H2,1-3H3,(H,19,21)/t13-/m1/s1. The number of hydrogen-bond donors (Lipinski definition) is 1. The van der Waals surface area contributed by atoms with E-state index in [9.17, 15) is 18.0 Å². The highest BCUT2D eigenvalue weighted by atomic mass is 19.4. The molecule has 1 aromatic rings. The first-order valence-corrected chi connectivity index (χ1v) is 6.75. The fourth-order valence-corrected chi connectivity index (χ4v) is 2.48.